The van der Waals surface area contributed by atoms with Gasteiger partial charge < -0.3 is 9.64 Å². The Morgan fingerprint density at radius 2 is 2.27 bits per heavy atom. The molecule has 0 aromatic heterocycles. The number of carbonyl (C=O) groups excluding carboxylic acids is 2. The van der Waals surface area contributed by atoms with Crippen molar-refractivity contribution in [1.29, 1.82) is 0 Å². The van der Waals surface area contributed by atoms with Gasteiger partial charge in [-0.3, -0.25) is 9.59 Å². The fourth-order valence-electron chi connectivity index (χ4n) is 1.88. The molecular weight excluding hydrogens is 194 g/mol. The lowest BCUT2D eigenvalue weighted by molar-refractivity contribution is -0.142. The van der Waals surface area contributed by atoms with Gasteiger partial charge in [0.1, 0.15) is 5.92 Å². The maximum Gasteiger partial charge on any atom is 0.315 e. The fraction of sp³-hybridized carbons (Fsp3) is 0.273. The Labute approximate surface area is 87.4 Å². The topological polar surface area (TPSA) is 46.6 Å². The van der Waals surface area contributed by atoms with Gasteiger partial charge in [0.15, 0.2) is 0 Å². The van der Waals surface area contributed by atoms with Gasteiger partial charge in [-0.1, -0.05) is 18.2 Å². The molecule has 4 heteroatoms. The van der Waals surface area contributed by atoms with Crippen molar-refractivity contribution in [3.8, 4) is 0 Å². The smallest absolute Gasteiger partial charge is 0.315 e. The summed E-state index contributed by atoms with van der Waals surface area (Å²) < 4.78 is 4.70. The molecule has 1 heterocycles. The lowest BCUT2D eigenvalue weighted by atomic mass is 10.0. The average Bonchev–Trinajstić information content (AvgIpc) is 2.67. The Morgan fingerprint density at radius 3 is 2.93 bits per heavy atom. The number of amides is 1. The average molecular weight is 205 g/mol. The SMILES string of the molecule is COC(=O)[C@@H]1CN(C=O)c2ccccc21. The number of fused-ring (bicyclic) bond motifs is 1. The van der Waals surface area contributed by atoms with Gasteiger partial charge in [0.05, 0.1) is 7.11 Å². The molecule has 0 bridgehead atoms. The molecule has 0 saturated heterocycles. The number of hydrogen-bond acceptors (Lipinski definition) is 3. The van der Waals surface area contributed by atoms with Crippen LogP contribution in [0, 0.1) is 0 Å². The minimum Gasteiger partial charge on any atom is -0.468 e. The number of anilines is 1. The van der Waals surface area contributed by atoms with Gasteiger partial charge in [-0.25, -0.2) is 0 Å². The molecule has 4 nitrogen and oxygen atoms in total. The number of esters is 1. The van der Waals surface area contributed by atoms with Crippen LogP contribution in [0.3, 0.4) is 0 Å². The third kappa shape index (κ3) is 1.48. The molecule has 1 atom stereocenters. The van der Waals surface area contributed by atoms with E-state index in [2.05, 4.69) is 0 Å². The predicted molar refractivity (Wildman–Crippen MR) is 54.6 cm³/mol. The second kappa shape index (κ2) is 3.73. The van der Waals surface area contributed by atoms with Crippen LogP contribution in [-0.2, 0) is 14.3 Å². The molecule has 0 spiro atoms. The van der Waals surface area contributed by atoms with E-state index in [1.807, 2.05) is 24.3 Å². The number of nitrogens with zero attached hydrogens (tertiary/aromatic N) is 1. The van der Waals surface area contributed by atoms with Crippen molar-refractivity contribution in [2.24, 2.45) is 0 Å². The molecule has 2 rings (SSSR count). The zero-order chi connectivity index (χ0) is 10.8. The number of carbonyl (C=O) groups is 2. The van der Waals surface area contributed by atoms with Crippen molar-refractivity contribution in [3.63, 3.8) is 0 Å². The molecular formula is C11H11NO3. The van der Waals surface area contributed by atoms with Crippen LogP contribution in [0.15, 0.2) is 24.3 Å². The number of rotatable bonds is 2. The van der Waals surface area contributed by atoms with Crippen LogP contribution in [0.5, 0.6) is 0 Å². The van der Waals surface area contributed by atoms with Gasteiger partial charge in [0.2, 0.25) is 6.41 Å². The highest BCUT2D eigenvalue weighted by atomic mass is 16.5. The van der Waals surface area contributed by atoms with Crippen LogP contribution in [0.25, 0.3) is 0 Å². The molecule has 1 aromatic carbocycles. The van der Waals surface area contributed by atoms with E-state index in [-0.39, 0.29) is 11.9 Å². The van der Waals surface area contributed by atoms with Gasteiger partial charge in [-0.05, 0) is 11.6 Å². The first kappa shape index (κ1) is 9.71. The molecule has 0 N–H and O–H groups in total. The van der Waals surface area contributed by atoms with Gasteiger partial charge in [-0.15, -0.1) is 0 Å². The summed E-state index contributed by atoms with van der Waals surface area (Å²) in [7, 11) is 1.36. The lowest BCUT2D eigenvalue weighted by Gasteiger charge is -2.09. The molecule has 0 saturated carbocycles. The Bertz CT molecular complexity index is 403. The molecule has 1 aliphatic rings. The minimum absolute atomic E-state index is 0.299. The van der Waals surface area contributed by atoms with Crippen LogP contribution in [0.1, 0.15) is 11.5 Å². The van der Waals surface area contributed by atoms with Crippen molar-refractivity contribution in [1.82, 2.24) is 0 Å². The highest BCUT2D eigenvalue weighted by molar-refractivity contribution is 5.90. The van der Waals surface area contributed by atoms with E-state index < -0.39 is 0 Å². The standard InChI is InChI=1S/C11H11NO3/c1-15-11(14)9-6-12(7-13)10-5-3-2-4-8(9)10/h2-5,7,9H,6H2,1H3/t9-/m1/s1. The zero-order valence-electron chi connectivity index (χ0n) is 8.34. The normalized spacial score (nSPS) is 18.5. The van der Waals surface area contributed by atoms with Gasteiger partial charge in [0, 0.05) is 12.2 Å². The van der Waals surface area contributed by atoms with Crippen molar-refractivity contribution < 1.29 is 14.3 Å². The predicted octanol–water partition coefficient (Wildman–Crippen LogP) is 0.920. The number of hydrogen-bond donors (Lipinski definition) is 0. The molecule has 0 radical (unpaired) electrons. The van der Waals surface area contributed by atoms with Crippen LogP contribution < -0.4 is 4.90 Å². The van der Waals surface area contributed by atoms with Gasteiger partial charge in [-0.2, -0.15) is 0 Å². The first-order valence-corrected chi connectivity index (χ1v) is 4.66. The molecule has 78 valence electrons. The van der Waals surface area contributed by atoms with Crippen LogP contribution in [0.4, 0.5) is 5.69 Å². The zero-order valence-corrected chi connectivity index (χ0v) is 8.34. The molecule has 1 amide bonds. The van der Waals surface area contributed by atoms with Crippen LogP contribution in [-0.4, -0.2) is 26.0 Å². The minimum atomic E-state index is -0.351. The molecule has 1 aliphatic heterocycles. The first-order chi connectivity index (χ1) is 7.27. The number of benzene rings is 1. The second-order valence-corrected chi connectivity index (χ2v) is 3.39. The highest BCUT2D eigenvalue weighted by Crippen LogP contribution is 2.35. The maximum atomic E-state index is 11.5. The highest BCUT2D eigenvalue weighted by Gasteiger charge is 2.33. The van der Waals surface area contributed by atoms with Crippen molar-refractivity contribution in [3.05, 3.63) is 29.8 Å². The monoisotopic (exact) mass is 205 g/mol. The summed E-state index contributed by atoms with van der Waals surface area (Å²) in [6, 6.07) is 7.37. The molecule has 1 aromatic rings. The van der Waals surface area contributed by atoms with Crippen LogP contribution in [0.2, 0.25) is 0 Å². The summed E-state index contributed by atoms with van der Waals surface area (Å²) in [6.07, 6.45) is 0.738. The van der Waals surface area contributed by atoms with E-state index in [0.717, 1.165) is 17.7 Å². The summed E-state index contributed by atoms with van der Waals surface area (Å²) in [5.41, 5.74) is 1.65. The maximum absolute atomic E-state index is 11.5. The summed E-state index contributed by atoms with van der Waals surface area (Å²) in [5, 5.41) is 0. The van der Waals surface area contributed by atoms with E-state index in [9.17, 15) is 9.59 Å². The Balaban J connectivity index is 2.41. The van der Waals surface area contributed by atoms with Crippen molar-refractivity contribution in [2.45, 2.75) is 5.92 Å². The Hall–Kier alpha value is -1.84. The quantitative estimate of drug-likeness (QED) is 0.532. The third-order valence-corrected chi connectivity index (χ3v) is 2.61. The first-order valence-electron chi connectivity index (χ1n) is 4.66. The molecule has 0 aliphatic carbocycles. The summed E-state index contributed by atoms with van der Waals surface area (Å²) in [5.74, 6) is -0.650. The van der Waals surface area contributed by atoms with Crippen LogP contribution >= 0.6 is 0 Å². The Morgan fingerprint density at radius 1 is 1.53 bits per heavy atom. The molecule has 0 fully saturated rings. The Kier molecular flexibility index (Phi) is 2.41. The summed E-state index contributed by atoms with van der Waals surface area (Å²) >= 11 is 0. The number of para-hydroxylation sites is 1. The second-order valence-electron chi connectivity index (χ2n) is 3.39. The number of ether oxygens (including phenoxy) is 1. The summed E-state index contributed by atoms with van der Waals surface area (Å²) in [4.78, 5) is 23.8. The third-order valence-electron chi connectivity index (χ3n) is 2.61. The van der Waals surface area contributed by atoms with E-state index >= 15 is 0 Å². The van der Waals surface area contributed by atoms with Gasteiger partial charge >= 0.3 is 5.97 Å². The summed E-state index contributed by atoms with van der Waals surface area (Å²) in [6.45, 7) is 0.371. The van der Waals surface area contributed by atoms with E-state index in [1.165, 1.54) is 12.0 Å². The van der Waals surface area contributed by atoms with Crippen molar-refractivity contribution >= 4 is 18.1 Å². The van der Waals surface area contributed by atoms with E-state index in [1.54, 1.807) is 0 Å². The van der Waals surface area contributed by atoms with Crippen molar-refractivity contribution in [2.75, 3.05) is 18.6 Å². The number of methoxy groups -OCH3 is 1. The lowest BCUT2D eigenvalue weighted by Crippen LogP contribution is -2.23. The van der Waals surface area contributed by atoms with Gasteiger partial charge in [0.25, 0.3) is 0 Å². The van der Waals surface area contributed by atoms with E-state index in [4.69, 9.17) is 4.74 Å². The molecule has 15 heavy (non-hydrogen) atoms. The molecule has 0 unspecified atom stereocenters. The van der Waals surface area contributed by atoms with E-state index in [0.29, 0.717) is 6.54 Å². The fourth-order valence-corrected chi connectivity index (χ4v) is 1.88. The largest absolute Gasteiger partial charge is 0.468 e.